The minimum atomic E-state index is -0.528. The molecule has 25 heavy (non-hydrogen) atoms. The number of ketones is 1. The number of esters is 1. The van der Waals surface area contributed by atoms with E-state index in [9.17, 15) is 9.59 Å². The fourth-order valence-electron chi connectivity index (χ4n) is 6.11. The van der Waals surface area contributed by atoms with Crippen LogP contribution in [0.2, 0.25) is 0 Å². The van der Waals surface area contributed by atoms with Crippen molar-refractivity contribution in [1.29, 1.82) is 0 Å². The van der Waals surface area contributed by atoms with Crippen LogP contribution in [0.15, 0.2) is 34.7 Å². The zero-order valence-electron chi connectivity index (χ0n) is 14.5. The first-order valence-corrected chi connectivity index (χ1v) is 9.07. The zero-order chi connectivity index (χ0) is 17.4. The largest absolute Gasteiger partial charge is 0.472 e. The van der Waals surface area contributed by atoms with Crippen LogP contribution < -0.4 is 0 Å². The molecule has 5 rings (SSSR count). The van der Waals surface area contributed by atoms with Crippen molar-refractivity contribution in [2.45, 2.75) is 51.9 Å². The molecule has 2 saturated heterocycles. The summed E-state index contributed by atoms with van der Waals surface area (Å²) in [6, 6.07) is 1.71. The molecule has 1 saturated carbocycles. The van der Waals surface area contributed by atoms with Gasteiger partial charge in [-0.1, -0.05) is 18.1 Å². The molecule has 0 spiro atoms. The number of ether oxygens (including phenoxy) is 2. The lowest BCUT2D eigenvalue weighted by atomic mass is 9.46. The average molecular weight is 342 g/mol. The van der Waals surface area contributed by atoms with Gasteiger partial charge in [0.2, 0.25) is 6.29 Å². The van der Waals surface area contributed by atoms with Gasteiger partial charge < -0.3 is 13.9 Å². The van der Waals surface area contributed by atoms with Crippen molar-refractivity contribution in [3.63, 3.8) is 0 Å². The summed E-state index contributed by atoms with van der Waals surface area (Å²) in [6.07, 6.45) is 7.69. The van der Waals surface area contributed by atoms with E-state index in [1.165, 1.54) is 18.1 Å². The molecular weight excluding hydrogens is 320 g/mol. The molecule has 2 aliphatic heterocycles. The maximum Gasteiger partial charge on any atom is 0.314 e. The van der Waals surface area contributed by atoms with Gasteiger partial charge in [-0.2, -0.15) is 0 Å². The van der Waals surface area contributed by atoms with Gasteiger partial charge in [0.25, 0.3) is 0 Å². The van der Waals surface area contributed by atoms with Crippen molar-refractivity contribution in [1.82, 2.24) is 0 Å². The lowest BCUT2D eigenvalue weighted by Gasteiger charge is -2.58. The van der Waals surface area contributed by atoms with E-state index in [0.717, 1.165) is 19.3 Å². The number of rotatable bonds is 3. The molecule has 5 heteroatoms. The standard InChI is InChI=1S/C20H22O5/c1-11-8-15-16-19(2)5-3-6-20(16,18(24-15)25-17(19)22)13(11)9-14(21)12-4-7-23-10-12/h4,7-8,10,13,15-16,18H,3,5-6,9H2,1-2H3/t13-,15+,16-,18?,19-,20-/m0/s1. The molecule has 1 aromatic heterocycles. The Morgan fingerprint density at radius 1 is 1.36 bits per heavy atom. The molecule has 5 bridgehead atoms. The Kier molecular flexibility index (Phi) is 2.98. The first-order chi connectivity index (χ1) is 12.0. The lowest BCUT2D eigenvalue weighted by Crippen LogP contribution is -2.62. The first kappa shape index (κ1) is 15.4. The minimum Gasteiger partial charge on any atom is -0.472 e. The van der Waals surface area contributed by atoms with Gasteiger partial charge in [0.1, 0.15) is 6.26 Å². The third-order valence-electron chi connectivity index (χ3n) is 7.16. The normalized spacial score (nSPS) is 44.2. The summed E-state index contributed by atoms with van der Waals surface area (Å²) in [5.74, 6) is 0.0818. The molecule has 4 aliphatic rings. The monoisotopic (exact) mass is 342 g/mol. The van der Waals surface area contributed by atoms with Gasteiger partial charge >= 0.3 is 5.97 Å². The highest BCUT2D eigenvalue weighted by atomic mass is 16.7. The van der Waals surface area contributed by atoms with E-state index in [1.807, 2.05) is 6.92 Å². The predicted octanol–water partition coefficient (Wildman–Crippen LogP) is 3.50. The van der Waals surface area contributed by atoms with E-state index in [0.29, 0.717) is 12.0 Å². The van der Waals surface area contributed by atoms with E-state index in [4.69, 9.17) is 13.9 Å². The van der Waals surface area contributed by atoms with E-state index < -0.39 is 11.7 Å². The molecule has 2 aliphatic carbocycles. The van der Waals surface area contributed by atoms with Crippen LogP contribution >= 0.6 is 0 Å². The van der Waals surface area contributed by atoms with E-state index in [-0.39, 0.29) is 35.1 Å². The van der Waals surface area contributed by atoms with E-state index in [2.05, 4.69) is 13.0 Å². The number of hydrogen-bond donors (Lipinski definition) is 0. The fourth-order valence-corrected chi connectivity index (χ4v) is 6.11. The van der Waals surface area contributed by atoms with Crippen molar-refractivity contribution in [3.05, 3.63) is 35.8 Å². The molecule has 1 unspecified atom stereocenters. The molecule has 0 N–H and O–H groups in total. The average Bonchev–Trinajstić information content (AvgIpc) is 3.15. The second kappa shape index (κ2) is 4.85. The topological polar surface area (TPSA) is 65.7 Å². The van der Waals surface area contributed by atoms with Gasteiger partial charge in [0, 0.05) is 17.8 Å². The quantitative estimate of drug-likeness (QED) is 0.478. The first-order valence-electron chi connectivity index (χ1n) is 9.07. The van der Waals surface area contributed by atoms with Crippen LogP contribution in [0, 0.1) is 22.7 Å². The Morgan fingerprint density at radius 2 is 2.20 bits per heavy atom. The smallest absolute Gasteiger partial charge is 0.314 e. The molecule has 0 radical (unpaired) electrons. The predicted molar refractivity (Wildman–Crippen MR) is 87.5 cm³/mol. The molecule has 3 heterocycles. The summed E-state index contributed by atoms with van der Waals surface area (Å²) >= 11 is 0. The number of carbonyl (C=O) groups is 2. The fraction of sp³-hybridized carbons (Fsp3) is 0.600. The van der Waals surface area contributed by atoms with Gasteiger partial charge in [0.05, 0.1) is 23.3 Å². The SMILES string of the molecule is CC1=C[C@H]2OC3OC(=O)[C@@]4(C)CCC[C@@]3([C@@H]24)[C@H]1CC(=O)c1ccoc1. The van der Waals surface area contributed by atoms with Crippen molar-refractivity contribution in [2.24, 2.45) is 22.7 Å². The maximum atomic E-state index is 12.8. The van der Waals surface area contributed by atoms with Gasteiger partial charge in [0.15, 0.2) is 5.78 Å². The second-order valence-corrected chi connectivity index (χ2v) is 8.30. The highest BCUT2D eigenvalue weighted by molar-refractivity contribution is 5.96. The number of carbonyl (C=O) groups excluding carboxylic acids is 2. The highest BCUT2D eigenvalue weighted by Crippen LogP contribution is 2.69. The number of furan rings is 1. The summed E-state index contributed by atoms with van der Waals surface area (Å²) in [5.41, 5.74) is 1.00. The third-order valence-corrected chi connectivity index (χ3v) is 7.16. The van der Waals surface area contributed by atoms with Crippen molar-refractivity contribution in [2.75, 3.05) is 0 Å². The molecule has 0 aromatic carbocycles. The highest BCUT2D eigenvalue weighted by Gasteiger charge is 2.74. The summed E-state index contributed by atoms with van der Waals surface area (Å²) in [7, 11) is 0. The molecular formula is C20H22O5. The molecule has 132 valence electrons. The Balaban J connectivity index is 1.59. The molecule has 6 atom stereocenters. The van der Waals surface area contributed by atoms with Crippen LogP contribution in [0.4, 0.5) is 0 Å². The maximum absolute atomic E-state index is 12.8. The Hall–Kier alpha value is -1.88. The summed E-state index contributed by atoms with van der Waals surface area (Å²) in [5, 5.41) is 0. The Labute approximate surface area is 146 Å². The number of allylic oxidation sites excluding steroid dienone is 1. The van der Waals surface area contributed by atoms with Gasteiger partial charge in [-0.25, -0.2) is 0 Å². The Morgan fingerprint density at radius 3 is 2.96 bits per heavy atom. The summed E-state index contributed by atoms with van der Waals surface area (Å²) in [4.78, 5) is 25.4. The second-order valence-electron chi connectivity index (χ2n) is 8.30. The van der Waals surface area contributed by atoms with Gasteiger partial charge in [-0.3, -0.25) is 9.59 Å². The van der Waals surface area contributed by atoms with Crippen LogP contribution in [0.25, 0.3) is 0 Å². The zero-order valence-corrected chi connectivity index (χ0v) is 14.5. The van der Waals surface area contributed by atoms with Crippen molar-refractivity contribution < 1.29 is 23.5 Å². The molecule has 0 amide bonds. The van der Waals surface area contributed by atoms with E-state index >= 15 is 0 Å². The molecule has 5 nitrogen and oxygen atoms in total. The summed E-state index contributed by atoms with van der Waals surface area (Å²) < 4.78 is 17.0. The molecule has 1 aromatic rings. The third kappa shape index (κ3) is 1.77. The molecule has 3 fully saturated rings. The number of hydrogen-bond acceptors (Lipinski definition) is 5. The van der Waals surface area contributed by atoms with Crippen LogP contribution in [-0.4, -0.2) is 24.1 Å². The summed E-state index contributed by atoms with van der Waals surface area (Å²) in [6.45, 7) is 4.11. The van der Waals surface area contributed by atoms with Crippen LogP contribution in [0.5, 0.6) is 0 Å². The van der Waals surface area contributed by atoms with E-state index in [1.54, 1.807) is 6.07 Å². The number of Topliss-reactive ketones (excluding diaryl/α,β-unsaturated/α-hetero) is 1. The van der Waals surface area contributed by atoms with Crippen LogP contribution in [0.1, 0.15) is 49.9 Å². The van der Waals surface area contributed by atoms with Gasteiger partial charge in [-0.15, -0.1) is 0 Å². The minimum absolute atomic E-state index is 0.0383. The van der Waals surface area contributed by atoms with Gasteiger partial charge in [-0.05, 0) is 38.7 Å². The lowest BCUT2D eigenvalue weighted by molar-refractivity contribution is -0.233. The van der Waals surface area contributed by atoms with Crippen LogP contribution in [-0.2, 0) is 14.3 Å². The Bertz CT molecular complexity index is 778. The van der Waals surface area contributed by atoms with Crippen molar-refractivity contribution >= 4 is 11.8 Å². The van der Waals surface area contributed by atoms with Crippen molar-refractivity contribution in [3.8, 4) is 0 Å². The van der Waals surface area contributed by atoms with Crippen LogP contribution in [0.3, 0.4) is 0 Å².